The average molecular weight is 237 g/mol. The van der Waals surface area contributed by atoms with Crippen molar-refractivity contribution in [1.29, 1.82) is 5.26 Å². The largest absolute Gasteiger partial charge is 0.301 e. The van der Waals surface area contributed by atoms with Gasteiger partial charge in [-0.3, -0.25) is 0 Å². The minimum absolute atomic E-state index is 0.0103. The van der Waals surface area contributed by atoms with Gasteiger partial charge in [0, 0.05) is 5.02 Å². The van der Waals surface area contributed by atoms with Gasteiger partial charge in [0.2, 0.25) is 0 Å². The zero-order valence-corrected chi connectivity index (χ0v) is 10.7. The highest BCUT2D eigenvalue weighted by Crippen LogP contribution is 2.29. The van der Waals surface area contributed by atoms with Gasteiger partial charge in [-0.1, -0.05) is 30.7 Å². The molecule has 1 aromatic rings. The molecule has 0 heterocycles. The lowest BCUT2D eigenvalue weighted by molar-refractivity contribution is 0.241. The van der Waals surface area contributed by atoms with E-state index < -0.39 is 0 Å². The smallest absolute Gasteiger partial charge is 0.0675 e. The Morgan fingerprint density at radius 3 is 2.25 bits per heavy atom. The molecule has 0 saturated heterocycles. The van der Waals surface area contributed by atoms with Crippen LogP contribution in [0, 0.1) is 17.2 Å². The van der Waals surface area contributed by atoms with E-state index >= 15 is 0 Å². The molecule has 1 aromatic carbocycles. The number of rotatable bonds is 4. The van der Waals surface area contributed by atoms with Crippen LogP contribution in [0.1, 0.15) is 24.9 Å². The fourth-order valence-corrected chi connectivity index (χ4v) is 2.06. The molecular weight excluding hydrogens is 220 g/mol. The molecule has 2 atom stereocenters. The highest BCUT2D eigenvalue weighted by molar-refractivity contribution is 6.30. The van der Waals surface area contributed by atoms with E-state index in [4.69, 9.17) is 16.9 Å². The Kier molecular flexibility index (Phi) is 4.79. The molecule has 2 nitrogen and oxygen atoms in total. The summed E-state index contributed by atoms with van der Waals surface area (Å²) in [7, 11) is 4.00. The minimum Gasteiger partial charge on any atom is -0.301 e. The molecule has 0 N–H and O–H groups in total. The lowest BCUT2D eigenvalue weighted by atomic mass is 9.91. The Morgan fingerprint density at radius 1 is 1.31 bits per heavy atom. The van der Waals surface area contributed by atoms with Gasteiger partial charge in [-0.05, 0) is 38.2 Å². The van der Waals surface area contributed by atoms with Gasteiger partial charge in [0.15, 0.2) is 0 Å². The fraction of sp³-hybridized carbons (Fsp3) is 0.462. The van der Waals surface area contributed by atoms with Crippen LogP contribution in [-0.4, -0.2) is 19.0 Å². The van der Waals surface area contributed by atoms with E-state index in [1.165, 1.54) is 0 Å². The SMILES string of the molecule is CCC(C#N)C(c1ccc(Cl)cc1)N(C)C. The van der Waals surface area contributed by atoms with Crippen molar-refractivity contribution >= 4 is 11.6 Å². The van der Waals surface area contributed by atoms with E-state index in [0.29, 0.717) is 0 Å². The second-order valence-electron chi connectivity index (χ2n) is 4.10. The van der Waals surface area contributed by atoms with Gasteiger partial charge >= 0.3 is 0 Å². The van der Waals surface area contributed by atoms with Crippen LogP contribution in [0.4, 0.5) is 0 Å². The Hall–Kier alpha value is -1.04. The number of benzene rings is 1. The van der Waals surface area contributed by atoms with Crippen LogP contribution in [0.15, 0.2) is 24.3 Å². The third-order valence-electron chi connectivity index (χ3n) is 2.75. The molecule has 0 radical (unpaired) electrons. The van der Waals surface area contributed by atoms with Crippen molar-refractivity contribution in [2.24, 2.45) is 5.92 Å². The van der Waals surface area contributed by atoms with Crippen molar-refractivity contribution in [2.45, 2.75) is 19.4 Å². The lowest BCUT2D eigenvalue weighted by Gasteiger charge is -2.28. The summed E-state index contributed by atoms with van der Waals surface area (Å²) in [6, 6.07) is 10.2. The first-order valence-electron chi connectivity index (χ1n) is 5.41. The maximum absolute atomic E-state index is 9.16. The van der Waals surface area contributed by atoms with Crippen LogP contribution in [-0.2, 0) is 0 Å². The van der Waals surface area contributed by atoms with E-state index in [2.05, 4.69) is 11.0 Å². The molecule has 0 amide bonds. The summed E-state index contributed by atoms with van der Waals surface area (Å²) in [5, 5.41) is 9.89. The van der Waals surface area contributed by atoms with Gasteiger partial charge in [0.05, 0.1) is 18.0 Å². The van der Waals surface area contributed by atoms with E-state index in [-0.39, 0.29) is 12.0 Å². The van der Waals surface area contributed by atoms with Crippen molar-refractivity contribution in [2.75, 3.05) is 14.1 Å². The van der Waals surface area contributed by atoms with Crippen LogP contribution >= 0.6 is 11.6 Å². The number of nitrogens with zero attached hydrogens (tertiary/aromatic N) is 2. The van der Waals surface area contributed by atoms with Crippen molar-refractivity contribution < 1.29 is 0 Å². The maximum Gasteiger partial charge on any atom is 0.0675 e. The third-order valence-corrected chi connectivity index (χ3v) is 3.01. The van der Waals surface area contributed by atoms with Crippen LogP contribution in [0.5, 0.6) is 0 Å². The molecule has 0 spiro atoms. The standard InChI is InChI=1S/C13H17ClN2/c1-4-10(9-15)13(16(2)3)11-5-7-12(14)8-6-11/h5-8,10,13H,4H2,1-3H3. The zero-order chi connectivity index (χ0) is 12.1. The maximum atomic E-state index is 9.16. The quantitative estimate of drug-likeness (QED) is 0.800. The van der Waals surface area contributed by atoms with Gasteiger partial charge in [-0.15, -0.1) is 0 Å². The zero-order valence-electron chi connectivity index (χ0n) is 9.94. The average Bonchev–Trinajstić information content (AvgIpc) is 2.27. The normalized spacial score (nSPS) is 14.5. The van der Waals surface area contributed by atoms with E-state index in [0.717, 1.165) is 17.0 Å². The number of hydrogen-bond donors (Lipinski definition) is 0. The molecule has 0 fully saturated rings. The van der Waals surface area contributed by atoms with E-state index in [1.807, 2.05) is 45.3 Å². The molecule has 1 rings (SSSR count). The lowest BCUT2D eigenvalue weighted by Crippen LogP contribution is -2.26. The molecule has 16 heavy (non-hydrogen) atoms. The predicted octanol–water partition coefficient (Wildman–Crippen LogP) is 3.49. The Bertz CT molecular complexity index is 365. The van der Waals surface area contributed by atoms with Crippen LogP contribution in [0.3, 0.4) is 0 Å². The summed E-state index contributed by atoms with van der Waals surface area (Å²) >= 11 is 5.86. The topological polar surface area (TPSA) is 27.0 Å². The molecule has 2 unspecified atom stereocenters. The summed E-state index contributed by atoms with van der Waals surface area (Å²) in [5.41, 5.74) is 1.14. The summed E-state index contributed by atoms with van der Waals surface area (Å²) in [6.45, 7) is 2.04. The minimum atomic E-state index is 0.0103. The van der Waals surface area contributed by atoms with Gasteiger partial charge in [-0.25, -0.2) is 0 Å². The van der Waals surface area contributed by atoms with Crippen molar-refractivity contribution in [3.05, 3.63) is 34.9 Å². The van der Waals surface area contributed by atoms with Crippen molar-refractivity contribution in [1.82, 2.24) is 4.90 Å². The highest BCUT2D eigenvalue weighted by Gasteiger charge is 2.23. The summed E-state index contributed by atoms with van der Waals surface area (Å²) in [6.07, 6.45) is 0.849. The van der Waals surface area contributed by atoms with E-state index in [1.54, 1.807) is 0 Å². The molecule has 0 saturated carbocycles. The molecule has 0 bridgehead atoms. The number of halogens is 1. The van der Waals surface area contributed by atoms with Crippen molar-refractivity contribution in [3.8, 4) is 6.07 Å². The van der Waals surface area contributed by atoms with Crippen molar-refractivity contribution in [3.63, 3.8) is 0 Å². The third kappa shape index (κ3) is 2.98. The molecule has 0 aliphatic carbocycles. The fourth-order valence-electron chi connectivity index (χ4n) is 1.94. The molecule has 86 valence electrons. The molecule has 0 aliphatic heterocycles. The first-order valence-corrected chi connectivity index (χ1v) is 5.79. The second-order valence-corrected chi connectivity index (χ2v) is 4.54. The molecular formula is C13H17ClN2. The monoisotopic (exact) mass is 236 g/mol. The summed E-state index contributed by atoms with van der Waals surface area (Å²) in [4.78, 5) is 2.08. The van der Waals surface area contributed by atoms with E-state index in [9.17, 15) is 0 Å². The van der Waals surface area contributed by atoms with Gasteiger partial charge in [0.25, 0.3) is 0 Å². The molecule has 0 aliphatic rings. The van der Waals surface area contributed by atoms with Gasteiger partial charge in [-0.2, -0.15) is 5.26 Å². The second kappa shape index (κ2) is 5.89. The first kappa shape index (κ1) is 13.0. The number of hydrogen-bond acceptors (Lipinski definition) is 2. The van der Waals surface area contributed by atoms with Gasteiger partial charge in [0.1, 0.15) is 0 Å². The predicted molar refractivity (Wildman–Crippen MR) is 67.3 cm³/mol. The molecule has 3 heteroatoms. The summed E-state index contributed by atoms with van der Waals surface area (Å²) in [5.74, 6) is 0.0103. The van der Waals surface area contributed by atoms with Crippen LogP contribution in [0.25, 0.3) is 0 Å². The van der Waals surface area contributed by atoms with Crippen LogP contribution < -0.4 is 0 Å². The summed E-state index contributed by atoms with van der Waals surface area (Å²) < 4.78 is 0. The number of nitriles is 1. The highest BCUT2D eigenvalue weighted by atomic mass is 35.5. The first-order chi connectivity index (χ1) is 7.60. The Labute approximate surface area is 102 Å². The molecule has 0 aromatic heterocycles. The Balaban J connectivity index is 3.03. The van der Waals surface area contributed by atoms with Crippen LogP contribution in [0.2, 0.25) is 5.02 Å². The Morgan fingerprint density at radius 2 is 1.88 bits per heavy atom. The van der Waals surface area contributed by atoms with Gasteiger partial charge < -0.3 is 4.90 Å².